The normalized spacial score (nSPS) is 16.6. The summed E-state index contributed by atoms with van der Waals surface area (Å²) >= 11 is 0. The van der Waals surface area contributed by atoms with E-state index in [2.05, 4.69) is 20.3 Å². The maximum absolute atomic E-state index is 12.9. The smallest absolute Gasteiger partial charge is 0.327 e. The van der Waals surface area contributed by atoms with Crippen LogP contribution in [0.1, 0.15) is 34.6 Å². The lowest BCUT2D eigenvalue weighted by molar-refractivity contribution is -0.133. The fourth-order valence-electron chi connectivity index (χ4n) is 5.80. The fraction of sp³-hybridized carbons (Fsp3) is 0.333. The van der Waals surface area contributed by atoms with E-state index in [0.717, 1.165) is 11.6 Å². The molecular formula is C30H31N9O5S. The molecule has 0 aliphatic carbocycles. The first-order valence-corrected chi connectivity index (χ1v) is 16.1. The Morgan fingerprint density at radius 3 is 2.40 bits per heavy atom. The molecule has 6 heterocycles. The molecule has 2 aliphatic heterocycles. The Labute approximate surface area is 259 Å². The van der Waals surface area contributed by atoms with Gasteiger partial charge >= 0.3 is 6.03 Å². The summed E-state index contributed by atoms with van der Waals surface area (Å²) in [6.45, 7) is 2.70. The summed E-state index contributed by atoms with van der Waals surface area (Å²) < 4.78 is 24.1. The Morgan fingerprint density at radius 1 is 0.978 bits per heavy atom. The number of amides is 4. The van der Waals surface area contributed by atoms with Crippen LogP contribution < -0.4 is 10.2 Å². The molecule has 4 aromatic rings. The molecule has 1 spiro atoms. The molecule has 0 bridgehead atoms. The Bertz CT molecular complexity index is 1980. The van der Waals surface area contributed by atoms with Crippen molar-refractivity contribution in [2.24, 2.45) is 0 Å². The molecule has 0 atom stereocenters. The van der Waals surface area contributed by atoms with Gasteiger partial charge in [0.05, 0.1) is 45.3 Å². The van der Waals surface area contributed by atoms with Crippen molar-refractivity contribution >= 4 is 44.5 Å². The molecule has 4 aromatic heterocycles. The number of imide groups is 1. The molecule has 2 aliphatic rings. The predicted octanol–water partition coefficient (Wildman–Crippen LogP) is 1.99. The van der Waals surface area contributed by atoms with Gasteiger partial charge in [0.1, 0.15) is 5.54 Å². The molecule has 45 heavy (non-hydrogen) atoms. The van der Waals surface area contributed by atoms with E-state index in [1.165, 1.54) is 24.2 Å². The van der Waals surface area contributed by atoms with E-state index in [0.29, 0.717) is 60.2 Å². The first kappa shape index (κ1) is 30.0. The van der Waals surface area contributed by atoms with Crippen LogP contribution >= 0.6 is 0 Å². The number of carbonyl (C=O) groups is 3. The topological polar surface area (TPSA) is 172 Å². The highest BCUT2D eigenvalue weighted by Gasteiger charge is 2.55. The van der Waals surface area contributed by atoms with Gasteiger partial charge in [-0.3, -0.25) is 24.5 Å². The van der Waals surface area contributed by atoms with Gasteiger partial charge in [0.2, 0.25) is 5.95 Å². The maximum Gasteiger partial charge on any atom is 0.327 e. The molecule has 6 rings (SSSR count). The zero-order valence-electron chi connectivity index (χ0n) is 25.2. The van der Waals surface area contributed by atoms with Gasteiger partial charge in [0.15, 0.2) is 9.84 Å². The van der Waals surface area contributed by atoms with Gasteiger partial charge in [-0.1, -0.05) is 0 Å². The van der Waals surface area contributed by atoms with Crippen molar-refractivity contribution in [1.29, 1.82) is 0 Å². The van der Waals surface area contributed by atoms with E-state index < -0.39 is 21.3 Å². The minimum atomic E-state index is -3.53. The molecule has 0 unspecified atom stereocenters. The van der Waals surface area contributed by atoms with E-state index in [-0.39, 0.29) is 28.9 Å². The lowest BCUT2D eigenvalue weighted by atomic mass is 9.86. The van der Waals surface area contributed by atoms with Gasteiger partial charge in [0.25, 0.3) is 11.8 Å². The van der Waals surface area contributed by atoms with E-state index >= 15 is 0 Å². The van der Waals surface area contributed by atoms with E-state index in [1.807, 2.05) is 17.0 Å². The van der Waals surface area contributed by atoms with Gasteiger partial charge in [-0.25, -0.2) is 28.2 Å². The minimum Gasteiger partial charge on any atom is -0.346 e. The number of urea groups is 1. The number of aromatic nitrogens is 5. The first-order chi connectivity index (χ1) is 21.4. The van der Waals surface area contributed by atoms with Crippen molar-refractivity contribution in [3.63, 3.8) is 0 Å². The Morgan fingerprint density at radius 2 is 1.71 bits per heavy atom. The van der Waals surface area contributed by atoms with Crippen LogP contribution in [0.5, 0.6) is 0 Å². The number of likely N-dealkylation sites (N-methyl/N-ethyl adjacent to an activating group) is 2. The second-order valence-electron chi connectivity index (χ2n) is 11.3. The number of sulfone groups is 1. The van der Waals surface area contributed by atoms with Crippen LogP contribution in [0.2, 0.25) is 0 Å². The number of aryl methyl sites for hydroxylation is 1. The molecule has 0 saturated carbocycles. The summed E-state index contributed by atoms with van der Waals surface area (Å²) in [5, 5.41) is 3.56. The molecule has 0 aromatic carbocycles. The summed E-state index contributed by atoms with van der Waals surface area (Å²) in [6, 6.07) is 8.31. The summed E-state index contributed by atoms with van der Waals surface area (Å²) in [4.78, 5) is 65.2. The van der Waals surface area contributed by atoms with E-state index in [9.17, 15) is 22.8 Å². The van der Waals surface area contributed by atoms with Crippen molar-refractivity contribution in [1.82, 2.24) is 40.0 Å². The van der Waals surface area contributed by atoms with Crippen LogP contribution in [-0.4, -0.2) is 100.0 Å². The SMILES string of the molecule is Cc1ncc(C(=O)NCc2cc3nc(-c4ccnc(N5CCC6(CC5)C(=O)N(C)C(=O)N6C)n4)ccc3cn2)cc1S(C)(=O)=O. The molecule has 232 valence electrons. The van der Waals surface area contributed by atoms with Crippen LogP contribution in [0.4, 0.5) is 10.7 Å². The quantitative estimate of drug-likeness (QED) is 0.309. The Hall–Kier alpha value is -5.05. The number of carbonyl (C=O) groups excluding carboxylic acids is 3. The van der Waals surface area contributed by atoms with Crippen LogP contribution in [0.15, 0.2) is 53.8 Å². The second kappa shape index (κ2) is 11.1. The van der Waals surface area contributed by atoms with Crippen molar-refractivity contribution < 1.29 is 22.8 Å². The average Bonchev–Trinajstić information content (AvgIpc) is 3.19. The van der Waals surface area contributed by atoms with Crippen molar-refractivity contribution in [3.05, 3.63) is 65.9 Å². The average molecular weight is 630 g/mol. The van der Waals surface area contributed by atoms with Gasteiger partial charge in [-0.2, -0.15) is 0 Å². The van der Waals surface area contributed by atoms with Crippen LogP contribution in [0, 0.1) is 6.92 Å². The van der Waals surface area contributed by atoms with E-state index in [4.69, 9.17) is 9.97 Å². The molecule has 2 saturated heterocycles. The molecule has 15 heteroatoms. The minimum absolute atomic E-state index is 0.00799. The number of rotatable bonds is 6. The predicted molar refractivity (Wildman–Crippen MR) is 164 cm³/mol. The zero-order valence-corrected chi connectivity index (χ0v) is 26.0. The third-order valence-electron chi connectivity index (χ3n) is 8.46. The van der Waals surface area contributed by atoms with Gasteiger partial charge < -0.3 is 15.1 Å². The summed E-state index contributed by atoms with van der Waals surface area (Å²) in [6.07, 6.45) is 6.70. The van der Waals surface area contributed by atoms with Gasteiger partial charge in [-0.15, -0.1) is 0 Å². The summed E-state index contributed by atoms with van der Waals surface area (Å²) in [5.74, 6) is -0.137. The largest absolute Gasteiger partial charge is 0.346 e. The molecule has 1 N–H and O–H groups in total. The lowest BCUT2D eigenvalue weighted by Gasteiger charge is -2.40. The van der Waals surface area contributed by atoms with Crippen LogP contribution in [0.3, 0.4) is 0 Å². The lowest BCUT2D eigenvalue weighted by Crippen LogP contribution is -2.55. The molecule has 0 radical (unpaired) electrons. The second-order valence-corrected chi connectivity index (χ2v) is 13.3. The van der Waals surface area contributed by atoms with Gasteiger partial charge in [-0.05, 0) is 50.1 Å². The summed E-state index contributed by atoms with van der Waals surface area (Å²) in [5.41, 5.74) is 2.08. The third kappa shape index (κ3) is 5.43. The zero-order chi connectivity index (χ0) is 32.1. The first-order valence-electron chi connectivity index (χ1n) is 14.2. The number of hydrogen-bond acceptors (Lipinski definition) is 11. The number of anilines is 1. The highest BCUT2D eigenvalue weighted by atomic mass is 32.2. The number of hydrogen-bond donors (Lipinski definition) is 1. The maximum atomic E-state index is 12.9. The standard InChI is InChI=1S/C30H31N9O5S/c1-18-25(45(4,43)44)13-20(16-32-18)26(40)34-17-21-14-24-19(15-33-21)5-6-22(35-24)23-7-10-31-28(36-23)39-11-8-30(9-12-39)27(41)37(2)29(42)38(30)3/h5-7,10,13-16H,8-9,11-12,17H2,1-4H3,(H,34,40). The third-order valence-corrected chi connectivity index (χ3v) is 9.67. The van der Waals surface area contributed by atoms with Crippen molar-refractivity contribution in [2.75, 3.05) is 38.3 Å². The van der Waals surface area contributed by atoms with Gasteiger partial charge in [0, 0.05) is 57.4 Å². The number of nitrogens with zero attached hydrogens (tertiary/aromatic N) is 8. The Kier molecular flexibility index (Phi) is 7.43. The van der Waals surface area contributed by atoms with Crippen LogP contribution in [0.25, 0.3) is 22.3 Å². The fourth-order valence-corrected chi connectivity index (χ4v) is 6.73. The number of pyridine rings is 3. The number of nitrogens with one attached hydrogen (secondary N) is 1. The highest BCUT2D eigenvalue weighted by molar-refractivity contribution is 7.90. The number of fused-ring (bicyclic) bond motifs is 1. The summed E-state index contributed by atoms with van der Waals surface area (Å²) in [7, 11) is -0.340. The van der Waals surface area contributed by atoms with E-state index in [1.54, 1.807) is 43.4 Å². The molecule has 4 amide bonds. The molecule has 2 fully saturated rings. The van der Waals surface area contributed by atoms with Crippen LogP contribution in [-0.2, 0) is 21.2 Å². The molecular weight excluding hydrogens is 598 g/mol. The monoisotopic (exact) mass is 629 g/mol. The number of piperidine rings is 1. The van der Waals surface area contributed by atoms with Crippen molar-refractivity contribution in [2.45, 2.75) is 36.7 Å². The molecule has 14 nitrogen and oxygen atoms in total. The van der Waals surface area contributed by atoms with Crippen molar-refractivity contribution in [3.8, 4) is 11.4 Å². The highest BCUT2D eigenvalue weighted by Crippen LogP contribution is 2.36. The Balaban J connectivity index is 1.17.